The van der Waals surface area contributed by atoms with Crippen molar-refractivity contribution in [3.63, 3.8) is 0 Å². The molecule has 158 valence electrons. The minimum atomic E-state index is 0.0879. The van der Waals surface area contributed by atoms with Crippen LogP contribution in [0, 0.1) is 30.6 Å². The number of carbonyl (C=O) groups is 1. The summed E-state index contributed by atoms with van der Waals surface area (Å²) in [4.78, 5) is 22.3. The lowest BCUT2D eigenvalue weighted by Crippen LogP contribution is -2.55. The molecule has 3 aliphatic carbocycles. The van der Waals surface area contributed by atoms with E-state index in [0.717, 1.165) is 38.3 Å². The van der Waals surface area contributed by atoms with Gasteiger partial charge in [0.05, 0.1) is 0 Å². The number of piperidine rings is 2. The summed E-state index contributed by atoms with van der Waals surface area (Å²) in [7, 11) is 0. The topological polar surface area (TPSA) is 74.5 Å². The van der Waals surface area contributed by atoms with Crippen molar-refractivity contribution >= 4 is 11.9 Å². The number of aromatic nitrogens is 2. The van der Waals surface area contributed by atoms with E-state index >= 15 is 0 Å². The molecule has 6 aliphatic rings. The van der Waals surface area contributed by atoms with E-state index in [1.807, 2.05) is 6.92 Å². The van der Waals surface area contributed by atoms with Gasteiger partial charge in [-0.3, -0.25) is 9.69 Å². The number of nitrogens with zero attached hydrogens (tertiary/aromatic N) is 4. The van der Waals surface area contributed by atoms with Crippen LogP contribution in [0.25, 0.3) is 0 Å². The van der Waals surface area contributed by atoms with Crippen LogP contribution in [0.2, 0.25) is 0 Å². The molecule has 3 aliphatic heterocycles. The summed E-state index contributed by atoms with van der Waals surface area (Å²) in [5, 5.41) is 7.36. The Morgan fingerprint density at radius 3 is 2.62 bits per heavy atom. The van der Waals surface area contributed by atoms with Gasteiger partial charge in [0, 0.05) is 43.2 Å². The summed E-state index contributed by atoms with van der Waals surface area (Å²) in [5.41, 5.74) is 0.0879. The van der Waals surface area contributed by atoms with E-state index in [4.69, 9.17) is 4.52 Å². The summed E-state index contributed by atoms with van der Waals surface area (Å²) < 4.78 is 5.50. The van der Waals surface area contributed by atoms with Crippen molar-refractivity contribution < 1.29 is 9.32 Å². The van der Waals surface area contributed by atoms with Crippen LogP contribution in [0.3, 0.4) is 0 Å². The van der Waals surface area contributed by atoms with Crippen molar-refractivity contribution in [1.82, 2.24) is 20.4 Å². The molecule has 0 spiro atoms. The zero-order chi connectivity index (χ0) is 19.8. The van der Waals surface area contributed by atoms with Crippen LogP contribution in [-0.2, 0) is 4.79 Å². The maximum atomic E-state index is 12.7. The minimum absolute atomic E-state index is 0.0879. The van der Waals surface area contributed by atoms with Gasteiger partial charge in [0.15, 0.2) is 5.82 Å². The predicted octanol–water partition coefficient (Wildman–Crippen LogP) is 2.36. The molecule has 2 bridgehead atoms. The summed E-state index contributed by atoms with van der Waals surface area (Å²) in [6.45, 7) is 7.36. The van der Waals surface area contributed by atoms with Gasteiger partial charge in [-0.2, -0.15) is 4.98 Å². The molecule has 6 fully saturated rings. The number of nitrogens with one attached hydrogen (secondary N) is 1. The van der Waals surface area contributed by atoms with Crippen LogP contribution in [-0.4, -0.2) is 58.2 Å². The van der Waals surface area contributed by atoms with Gasteiger partial charge in [-0.05, 0) is 70.1 Å². The fourth-order valence-corrected chi connectivity index (χ4v) is 6.81. The Bertz CT molecular complexity index is 793. The maximum absolute atomic E-state index is 12.7. The Kier molecular flexibility index (Phi) is 4.03. The molecule has 3 saturated carbocycles. The number of aryl methyl sites for hydroxylation is 1. The molecule has 3 saturated heterocycles. The van der Waals surface area contributed by atoms with Crippen molar-refractivity contribution in [2.75, 3.05) is 24.5 Å². The largest absolute Gasteiger partial charge is 0.351 e. The summed E-state index contributed by atoms with van der Waals surface area (Å²) in [5.74, 6) is 3.19. The molecule has 0 aromatic carbocycles. The molecular weight excluding hydrogens is 366 g/mol. The fraction of sp³-hybridized carbons (Fsp3) is 0.864. The Hall–Kier alpha value is -1.63. The summed E-state index contributed by atoms with van der Waals surface area (Å²) in [6.07, 6.45) is 8.55. The first-order valence-electron chi connectivity index (χ1n) is 11.6. The molecule has 7 rings (SSSR count). The molecule has 0 radical (unpaired) electrons. The molecule has 3 unspecified atom stereocenters. The number of rotatable bonds is 4. The van der Waals surface area contributed by atoms with E-state index < -0.39 is 0 Å². The van der Waals surface area contributed by atoms with Crippen LogP contribution >= 0.6 is 0 Å². The molecule has 1 aromatic rings. The standard InChI is InChI=1S/C22H33N5O2/c1-13-23-21(29-25-13)27-10-14-5-3-6-15(27)9-18(14)26-11-16-17(12-26)19(16)20(28)24-22(2)7-4-8-22/h14-19H,3-12H2,1-2H3,(H,24,28)/t14?,15?,16-,17+,18?,19+. The van der Waals surface area contributed by atoms with Crippen molar-refractivity contribution in [2.45, 2.75) is 76.4 Å². The highest BCUT2D eigenvalue weighted by atomic mass is 16.5. The first-order chi connectivity index (χ1) is 14.0. The Labute approximate surface area is 172 Å². The maximum Gasteiger partial charge on any atom is 0.324 e. The Morgan fingerprint density at radius 2 is 1.97 bits per heavy atom. The predicted molar refractivity (Wildman–Crippen MR) is 108 cm³/mol. The number of carbonyl (C=O) groups excluding carboxylic acids is 1. The molecule has 7 heteroatoms. The van der Waals surface area contributed by atoms with Crippen molar-refractivity contribution in [2.24, 2.45) is 23.7 Å². The van der Waals surface area contributed by atoms with Gasteiger partial charge in [-0.1, -0.05) is 11.6 Å². The lowest BCUT2D eigenvalue weighted by atomic mass is 9.78. The minimum Gasteiger partial charge on any atom is -0.351 e. The zero-order valence-corrected chi connectivity index (χ0v) is 17.6. The third-order valence-corrected chi connectivity index (χ3v) is 8.68. The average molecular weight is 400 g/mol. The van der Waals surface area contributed by atoms with Crippen molar-refractivity contribution in [3.8, 4) is 0 Å². The first-order valence-corrected chi connectivity index (χ1v) is 11.6. The van der Waals surface area contributed by atoms with Gasteiger partial charge in [-0.15, -0.1) is 0 Å². The molecule has 1 amide bonds. The van der Waals surface area contributed by atoms with E-state index in [1.165, 1.54) is 32.1 Å². The monoisotopic (exact) mass is 399 g/mol. The summed E-state index contributed by atoms with van der Waals surface area (Å²) in [6, 6.07) is 1.87. The van der Waals surface area contributed by atoms with Gasteiger partial charge in [-0.25, -0.2) is 0 Å². The van der Waals surface area contributed by atoms with Gasteiger partial charge in [0.25, 0.3) is 0 Å². The zero-order valence-electron chi connectivity index (χ0n) is 17.6. The molecule has 6 atom stereocenters. The molecule has 4 heterocycles. The molecule has 1 N–H and O–H groups in total. The number of hydrogen-bond acceptors (Lipinski definition) is 6. The molecule has 7 nitrogen and oxygen atoms in total. The van der Waals surface area contributed by atoms with E-state index in [9.17, 15) is 4.79 Å². The van der Waals surface area contributed by atoms with Crippen LogP contribution < -0.4 is 10.2 Å². The number of hydrogen-bond donors (Lipinski definition) is 1. The lowest BCUT2D eigenvalue weighted by Gasteiger charge is -2.45. The SMILES string of the molecule is Cc1noc(N2CC3CCCC2CC3N2C[C@@H]3[C@H](C2)[C@H]3C(=O)NC2(C)CCC2)n1. The van der Waals surface area contributed by atoms with Crippen LogP contribution in [0.4, 0.5) is 6.01 Å². The Morgan fingerprint density at radius 1 is 1.17 bits per heavy atom. The van der Waals surface area contributed by atoms with Gasteiger partial charge < -0.3 is 14.7 Å². The quantitative estimate of drug-likeness (QED) is 0.838. The van der Waals surface area contributed by atoms with Crippen molar-refractivity contribution in [3.05, 3.63) is 5.82 Å². The van der Waals surface area contributed by atoms with Crippen molar-refractivity contribution in [1.29, 1.82) is 0 Å². The highest BCUT2D eigenvalue weighted by molar-refractivity contribution is 5.83. The van der Waals surface area contributed by atoms with Gasteiger partial charge >= 0.3 is 6.01 Å². The van der Waals surface area contributed by atoms with Crippen LogP contribution in [0.1, 0.15) is 57.7 Å². The highest BCUT2D eigenvalue weighted by Gasteiger charge is 2.61. The Balaban J connectivity index is 1.09. The lowest BCUT2D eigenvalue weighted by molar-refractivity contribution is -0.126. The third kappa shape index (κ3) is 2.99. The van der Waals surface area contributed by atoms with Crippen LogP contribution in [0.5, 0.6) is 0 Å². The summed E-state index contributed by atoms with van der Waals surface area (Å²) >= 11 is 0. The van der Waals surface area contributed by atoms with Gasteiger partial charge in [0.1, 0.15) is 0 Å². The second-order valence-corrected chi connectivity index (χ2v) is 10.6. The third-order valence-electron chi connectivity index (χ3n) is 8.68. The second-order valence-electron chi connectivity index (χ2n) is 10.6. The average Bonchev–Trinajstić information content (AvgIpc) is 3.11. The number of likely N-dealkylation sites (tertiary alicyclic amines) is 1. The van der Waals surface area contributed by atoms with Gasteiger partial charge in [0.2, 0.25) is 5.91 Å². The van der Waals surface area contributed by atoms with E-state index in [2.05, 4.69) is 32.2 Å². The highest BCUT2D eigenvalue weighted by Crippen LogP contribution is 2.54. The number of amides is 1. The smallest absolute Gasteiger partial charge is 0.324 e. The molecule has 1 aromatic heterocycles. The molecule has 29 heavy (non-hydrogen) atoms. The molecular formula is C22H33N5O2. The number of anilines is 1. The van der Waals surface area contributed by atoms with Crippen LogP contribution in [0.15, 0.2) is 4.52 Å². The first kappa shape index (κ1) is 18.2. The van der Waals surface area contributed by atoms with E-state index in [-0.39, 0.29) is 11.5 Å². The fourth-order valence-electron chi connectivity index (χ4n) is 6.81. The number of fused-ring (bicyclic) bond motifs is 5. The van der Waals surface area contributed by atoms with E-state index in [0.29, 0.717) is 41.8 Å². The van der Waals surface area contributed by atoms with E-state index in [1.54, 1.807) is 0 Å². The normalized spacial score (nSPS) is 40.3. The second kappa shape index (κ2) is 6.43.